The molecular formula is C106H109Cl2F3N8O7. The smallest absolute Gasteiger partial charge is 0.416 e. The number of hydrazone groups is 1. The zero-order chi connectivity index (χ0) is 87.3. The van der Waals surface area contributed by atoms with Crippen LogP contribution in [0.5, 0.6) is 0 Å². The molecule has 20 rings (SSSR count). The molecule has 21 atom stereocenters. The van der Waals surface area contributed by atoms with Crippen LogP contribution >= 0.6 is 23.2 Å². The van der Waals surface area contributed by atoms with Crippen LogP contribution in [-0.2, 0) is 39.6 Å². The van der Waals surface area contributed by atoms with E-state index in [0.717, 1.165) is 99.7 Å². The Hall–Kier alpha value is -10.7. The number of pyridine rings is 4. The van der Waals surface area contributed by atoms with Crippen LogP contribution in [0.1, 0.15) is 195 Å². The van der Waals surface area contributed by atoms with E-state index in [1.807, 2.05) is 130 Å². The SMILES string of the molecule is CC1=NN(C)C(=O)[C@@H]2C[C@@H]3CCCC[C@H]3[C@H](/C=C/c3ccc(-c4cccc(C(F)(F)F)c4)cn3)[C@@H]12.C[C@@H]1C(=O)O[C@H]2C[C@@H]3CCCC[C@H]3[C@H](/C=C/c3ccc(-c4cc(Cl)ccc4Cl)cn3)[C@H]21.N#Cc1cccc(-c2ccc(/C=C/[C@H]3[C@@H]4CCCC[C@H]4C[C@@H]4OC(=O)C[C@H]34)nc2)c1.N#Cc1ccccc1-c1ccc(/C=C/[C@H]2[C@@H]3CCCC[C@H]3C[C@@H]3OC(=O)C[C@H]23)nc1. The first-order valence-corrected chi connectivity index (χ1v) is 46.5. The lowest BCUT2D eigenvalue weighted by Gasteiger charge is -2.50. The summed E-state index contributed by atoms with van der Waals surface area (Å²) in [6, 6.07) is 46.2. The number of alkyl halides is 3. The van der Waals surface area contributed by atoms with Crippen molar-refractivity contribution in [1.82, 2.24) is 24.9 Å². The average Bonchev–Trinajstić information content (AvgIpc) is 0.950. The van der Waals surface area contributed by atoms with Gasteiger partial charge in [0, 0.05) is 111 Å². The first kappa shape index (κ1) is 87.4. The summed E-state index contributed by atoms with van der Waals surface area (Å²) in [6.45, 7) is 4.07. The number of fused-ring (bicyclic) bond motifs is 8. The van der Waals surface area contributed by atoms with Gasteiger partial charge >= 0.3 is 24.1 Å². The van der Waals surface area contributed by atoms with Crippen molar-refractivity contribution in [3.05, 3.63) is 238 Å². The monoisotopic (exact) mass is 1730 g/mol. The van der Waals surface area contributed by atoms with E-state index in [1.54, 1.807) is 37.5 Å². The molecule has 8 saturated carbocycles. The van der Waals surface area contributed by atoms with Crippen LogP contribution in [0.15, 0.2) is 194 Å². The minimum atomic E-state index is -4.38. The predicted molar refractivity (Wildman–Crippen MR) is 485 cm³/mol. The summed E-state index contributed by atoms with van der Waals surface area (Å²) in [6.07, 6.45) is 45.9. The van der Waals surface area contributed by atoms with E-state index in [4.69, 9.17) is 42.7 Å². The number of nitriles is 2. The quantitative estimate of drug-likeness (QED) is 0.0824. The maximum atomic E-state index is 13.1. The number of esters is 3. The molecule has 15 nitrogen and oxygen atoms in total. The molecule has 0 N–H and O–H groups in total. The van der Waals surface area contributed by atoms with Gasteiger partial charge in [0.15, 0.2) is 0 Å². The second kappa shape index (κ2) is 38.9. The molecule has 650 valence electrons. The van der Waals surface area contributed by atoms with E-state index in [-0.39, 0.29) is 71.7 Å². The molecule has 4 aromatic carbocycles. The fourth-order valence-corrected chi connectivity index (χ4v) is 24.7. The molecule has 8 aromatic rings. The second-order valence-corrected chi connectivity index (χ2v) is 38.2. The van der Waals surface area contributed by atoms with Gasteiger partial charge in [0.2, 0.25) is 5.91 Å². The molecule has 0 bridgehead atoms. The van der Waals surface area contributed by atoms with Gasteiger partial charge in [-0.1, -0.05) is 198 Å². The minimum Gasteiger partial charge on any atom is -0.462 e. The van der Waals surface area contributed by atoms with E-state index >= 15 is 0 Å². The predicted octanol–water partition coefficient (Wildman–Crippen LogP) is 24.5. The number of carbonyl (C=O) groups is 4. The number of nitrogens with zero attached hydrogens (tertiary/aromatic N) is 8. The van der Waals surface area contributed by atoms with E-state index in [1.165, 1.54) is 114 Å². The topological polar surface area (TPSA) is 211 Å². The van der Waals surface area contributed by atoms with E-state index in [2.05, 4.69) is 85.8 Å². The van der Waals surface area contributed by atoms with Crippen LogP contribution in [0.3, 0.4) is 0 Å². The van der Waals surface area contributed by atoms with Gasteiger partial charge in [0.05, 0.1) is 70.4 Å². The van der Waals surface area contributed by atoms with Crippen molar-refractivity contribution in [3.8, 4) is 56.6 Å². The third-order valence-corrected chi connectivity index (χ3v) is 30.8. The number of benzene rings is 4. The Kier molecular flexibility index (Phi) is 27.0. The van der Waals surface area contributed by atoms with Crippen molar-refractivity contribution in [1.29, 1.82) is 10.5 Å². The summed E-state index contributed by atoms with van der Waals surface area (Å²) in [5, 5.41) is 25.8. The molecule has 4 aromatic heterocycles. The fourth-order valence-electron chi connectivity index (χ4n) is 24.3. The molecule has 0 unspecified atom stereocenters. The van der Waals surface area contributed by atoms with Crippen molar-refractivity contribution in [2.45, 2.75) is 180 Å². The van der Waals surface area contributed by atoms with Gasteiger partial charge in [-0.25, -0.2) is 5.01 Å². The highest BCUT2D eigenvalue weighted by atomic mass is 35.5. The van der Waals surface area contributed by atoms with Gasteiger partial charge in [-0.2, -0.15) is 28.8 Å². The Morgan fingerprint density at radius 2 is 0.921 bits per heavy atom. The molecule has 3 saturated heterocycles. The molecule has 8 heterocycles. The van der Waals surface area contributed by atoms with E-state index in [9.17, 15) is 37.6 Å². The lowest BCUT2D eigenvalue weighted by molar-refractivity contribution is -0.145. The van der Waals surface area contributed by atoms with Gasteiger partial charge in [-0.15, -0.1) is 0 Å². The van der Waals surface area contributed by atoms with E-state index < -0.39 is 11.7 Å². The standard InChI is InChI=1S/C28H30F3N3O.C26H27Cl2NO2.2C26H26N2O2/c1-17-26-24(23-9-4-3-6-19(23)15-25(26)27(35)34(2)33-17)13-12-22-11-10-20(16-32-22)18-7-5-8-21(14-18)28(29,30)31;1-15-25-21(20-5-3-2-4-16(20)12-24(25)31-26(15)30)10-9-19-8-6-17(14-29-19)22-13-18(27)7-11-23(22)28;27-15-18-6-2-3-7-21(18)19-9-10-20(28-16-19)11-12-23-22-8-4-1-5-17(22)13-25-24(23)14-26(29)30-25;27-15-17-4-3-6-18(12-17)20-8-9-21(28-16-20)10-11-23-22-7-2-1-5-19(22)13-25-24(23)14-26(29)30-25/h5,7-8,10-14,16,19,23-26H,3-4,6,9,15H2,1-2H3;6-11,13-16,20-21,24-25H,2-5,12H2,1H3;2-3,6-7,9-12,16-17,22-25H,1,4-5,8,13-14H2;3-4,6,8-12,16,19,22-25H,1-2,5,7,13-14H2/b13-12+;10-9+;12-11+;11-10+/t19-,23+,24-,25+,26+;15-,16-,20+,21-,24-,25+;17-,22+,23-,24+,25-;19-,22+,23-,24+,25-/m0000/s1. The van der Waals surface area contributed by atoms with Gasteiger partial charge < -0.3 is 14.2 Å². The zero-order valence-corrected chi connectivity index (χ0v) is 73.2. The third kappa shape index (κ3) is 19.4. The fraction of sp³-hybridized carbons (Fsp3) is 0.443. The van der Waals surface area contributed by atoms with E-state index in [0.29, 0.717) is 122 Å². The summed E-state index contributed by atoms with van der Waals surface area (Å²) < 4.78 is 56.4. The lowest BCUT2D eigenvalue weighted by atomic mass is 9.56. The summed E-state index contributed by atoms with van der Waals surface area (Å²) in [5.74, 6) is 7.50. The molecule has 126 heavy (non-hydrogen) atoms. The largest absolute Gasteiger partial charge is 0.462 e. The molecular weight excluding hydrogens is 1630 g/mol. The number of carbonyl (C=O) groups excluding carboxylic acids is 4. The van der Waals surface area contributed by atoms with Crippen molar-refractivity contribution in [2.75, 3.05) is 7.05 Å². The number of halogens is 5. The van der Waals surface area contributed by atoms with Gasteiger partial charge in [0.25, 0.3) is 0 Å². The molecule has 0 radical (unpaired) electrons. The van der Waals surface area contributed by atoms with Crippen LogP contribution in [0.25, 0.3) is 68.8 Å². The zero-order valence-electron chi connectivity index (χ0n) is 71.7. The molecule has 20 heteroatoms. The second-order valence-electron chi connectivity index (χ2n) is 37.3. The van der Waals surface area contributed by atoms with Gasteiger partial charge in [-0.05, 0) is 238 Å². The summed E-state index contributed by atoms with van der Waals surface area (Å²) in [4.78, 5) is 67.6. The van der Waals surface area contributed by atoms with Crippen LogP contribution in [0.2, 0.25) is 10.0 Å². The lowest BCUT2D eigenvalue weighted by Crippen LogP contribution is -2.51. The maximum absolute atomic E-state index is 13.1. The van der Waals surface area contributed by atoms with Crippen LogP contribution in [0.4, 0.5) is 13.2 Å². The molecule has 0 spiro atoms. The number of amides is 1. The van der Waals surface area contributed by atoms with Crippen molar-refractivity contribution < 1.29 is 46.6 Å². The van der Waals surface area contributed by atoms with Crippen LogP contribution in [-0.4, -0.2) is 79.8 Å². The Labute approximate surface area is 747 Å². The van der Waals surface area contributed by atoms with Gasteiger partial charge in [-0.3, -0.25) is 39.1 Å². The molecule has 4 aliphatic heterocycles. The number of hydrogen-bond donors (Lipinski definition) is 0. The maximum Gasteiger partial charge on any atom is 0.416 e. The van der Waals surface area contributed by atoms with Crippen LogP contribution in [0, 0.1) is 129 Å². The van der Waals surface area contributed by atoms with Crippen molar-refractivity contribution in [3.63, 3.8) is 0 Å². The first-order chi connectivity index (χ1) is 61.2. The van der Waals surface area contributed by atoms with Crippen LogP contribution < -0.4 is 0 Å². The number of ether oxygens (including phenoxy) is 3. The molecule has 12 aliphatic rings. The first-order valence-electron chi connectivity index (χ1n) is 45.8. The number of hydrogen-bond acceptors (Lipinski definition) is 14. The Balaban J connectivity index is 0.000000119. The normalized spacial score (nSPS) is 30.5. The van der Waals surface area contributed by atoms with Crippen molar-refractivity contribution in [2.24, 2.45) is 112 Å². The minimum absolute atomic E-state index is 0.0204. The summed E-state index contributed by atoms with van der Waals surface area (Å²) in [7, 11) is 1.75. The van der Waals surface area contributed by atoms with Gasteiger partial charge in [0.1, 0.15) is 18.3 Å². The van der Waals surface area contributed by atoms with Crippen molar-refractivity contribution >= 4 is 77.0 Å². The summed E-state index contributed by atoms with van der Waals surface area (Å²) in [5.41, 5.74) is 12.0. The number of rotatable bonds is 12. The molecule has 11 fully saturated rings. The highest BCUT2D eigenvalue weighted by Crippen LogP contribution is 2.57. The average molecular weight is 1730 g/mol. The Morgan fingerprint density at radius 1 is 0.460 bits per heavy atom. The number of aromatic nitrogens is 4. The Morgan fingerprint density at radius 3 is 1.44 bits per heavy atom. The number of allylic oxidation sites excluding steroid dienone is 4. The third-order valence-electron chi connectivity index (χ3n) is 30.2. The molecule has 8 aliphatic carbocycles. The Bertz CT molecular complexity index is 5530. The highest BCUT2D eigenvalue weighted by Gasteiger charge is 2.55. The molecule has 1 amide bonds. The highest BCUT2D eigenvalue weighted by molar-refractivity contribution is 6.35. The summed E-state index contributed by atoms with van der Waals surface area (Å²) >= 11 is 12.5.